The Hall–Kier alpha value is -2.42. The highest BCUT2D eigenvalue weighted by molar-refractivity contribution is 5.73. The van der Waals surface area contributed by atoms with Crippen LogP contribution in [-0.2, 0) is 4.79 Å². The molecule has 0 fully saturated rings. The molecule has 0 bridgehead atoms. The van der Waals surface area contributed by atoms with Gasteiger partial charge < -0.3 is 5.32 Å². The lowest BCUT2D eigenvalue weighted by molar-refractivity contribution is -0.118. The highest BCUT2D eigenvalue weighted by atomic mass is 16.1. The zero-order valence-electron chi connectivity index (χ0n) is 10.8. The molecule has 0 aliphatic rings. The van der Waals surface area contributed by atoms with E-state index >= 15 is 0 Å². The molecule has 3 nitrogen and oxygen atoms in total. The quantitative estimate of drug-likeness (QED) is 0.909. The predicted molar refractivity (Wildman–Crippen MR) is 77.4 cm³/mol. The molecule has 19 heavy (non-hydrogen) atoms. The molecule has 2 rings (SSSR count). The Labute approximate surface area is 113 Å². The zero-order chi connectivity index (χ0) is 13.5. The van der Waals surface area contributed by atoms with Crippen molar-refractivity contribution in [1.82, 2.24) is 10.3 Å². The van der Waals surface area contributed by atoms with Crippen LogP contribution in [0.5, 0.6) is 0 Å². The molecule has 0 radical (unpaired) electrons. The van der Waals surface area contributed by atoms with Crippen molar-refractivity contribution in [2.24, 2.45) is 0 Å². The second-order valence-corrected chi connectivity index (χ2v) is 4.18. The maximum absolute atomic E-state index is 10.7. The first kappa shape index (κ1) is 13.0. The van der Waals surface area contributed by atoms with Crippen molar-refractivity contribution in [3.05, 3.63) is 60.3 Å². The van der Waals surface area contributed by atoms with Gasteiger partial charge in [0.15, 0.2) is 0 Å². The lowest BCUT2D eigenvalue weighted by Crippen LogP contribution is -2.19. The van der Waals surface area contributed by atoms with E-state index in [2.05, 4.69) is 10.3 Å². The van der Waals surface area contributed by atoms with E-state index in [-0.39, 0.29) is 5.91 Å². The molecule has 96 valence electrons. The fraction of sp³-hybridized carbons (Fsp3) is 0.125. The summed E-state index contributed by atoms with van der Waals surface area (Å²) >= 11 is 0. The third kappa shape index (κ3) is 4.07. The Morgan fingerprint density at radius 1 is 1.21 bits per heavy atom. The average molecular weight is 252 g/mol. The Morgan fingerprint density at radius 2 is 2.00 bits per heavy atom. The van der Waals surface area contributed by atoms with Gasteiger partial charge in [-0.1, -0.05) is 42.5 Å². The molecule has 0 spiro atoms. The van der Waals surface area contributed by atoms with Crippen LogP contribution in [0, 0.1) is 0 Å². The van der Waals surface area contributed by atoms with E-state index < -0.39 is 0 Å². The van der Waals surface area contributed by atoms with Gasteiger partial charge in [0.2, 0.25) is 5.91 Å². The van der Waals surface area contributed by atoms with Crippen molar-refractivity contribution in [1.29, 1.82) is 0 Å². The number of hydrogen-bond donors (Lipinski definition) is 1. The van der Waals surface area contributed by atoms with Crippen LogP contribution < -0.4 is 5.32 Å². The molecule has 0 saturated heterocycles. The van der Waals surface area contributed by atoms with Gasteiger partial charge in [0.25, 0.3) is 0 Å². The maximum atomic E-state index is 10.7. The van der Waals surface area contributed by atoms with Crippen LogP contribution >= 0.6 is 0 Å². The Bertz CT molecular complexity index is 559. The third-order valence-corrected chi connectivity index (χ3v) is 2.65. The van der Waals surface area contributed by atoms with Gasteiger partial charge in [0, 0.05) is 25.2 Å². The molecule has 1 heterocycles. The third-order valence-electron chi connectivity index (χ3n) is 2.65. The fourth-order valence-electron chi connectivity index (χ4n) is 1.70. The molecule has 0 unspecified atom stereocenters. The molecular weight excluding hydrogens is 236 g/mol. The zero-order valence-corrected chi connectivity index (χ0v) is 10.8. The highest BCUT2D eigenvalue weighted by Crippen LogP contribution is 2.17. The normalized spacial score (nSPS) is 10.6. The fourth-order valence-corrected chi connectivity index (χ4v) is 1.70. The first-order valence-corrected chi connectivity index (χ1v) is 6.18. The van der Waals surface area contributed by atoms with Crippen molar-refractivity contribution >= 4 is 12.0 Å². The summed E-state index contributed by atoms with van der Waals surface area (Å²) < 4.78 is 0. The molecule has 0 saturated carbocycles. The lowest BCUT2D eigenvalue weighted by Gasteiger charge is -2.01. The molecule has 1 amide bonds. The standard InChI is InChI=1S/C16H16N2O/c1-13(19)17-12-4-5-14-7-9-15(10-8-14)16-6-2-3-11-18-16/h2-11H,12H2,1H3,(H,17,19). The minimum atomic E-state index is -0.0184. The molecule has 1 N–H and O–H groups in total. The van der Waals surface area contributed by atoms with Gasteiger partial charge in [-0.15, -0.1) is 0 Å². The van der Waals surface area contributed by atoms with E-state index in [1.165, 1.54) is 6.92 Å². The van der Waals surface area contributed by atoms with Gasteiger partial charge in [-0.2, -0.15) is 0 Å². The number of carbonyl (C=O) groups is 1. The van der Waals surface area contributed by atoms with Crippen LogP contribution in [0.3, 0.4) is 0 Å². The van der Waals surface area contributed by atoms with Crippen molar-refractivity contribution in [3.8, 4) is 11.3 Å². The van der Waals surface area contributed by atoms with Crippen LogP contribution in [-0.4, -0.2) is 17.4 Å². The summed E-state index contributed by atoms with van der Waals surface area (Å²) in [6.07, 6.45) is 5.70. The summed E-state index contributed by atoms with van der Waals surface area (Å²) in [5.41, 5.74) is 3.17. The Kier molecular flexibility index (Phi) is 4.45. The van der Waals surface area contributed by atoms with Crippen LogP contribution in [0.15, 0.2) is 54.7 Å². The SMILES string of the molecule is CC(=O)NCC=Cc1ccc(-c2ccccn2)cc1. The number of nitrogens with zero attached hydrogens (tertiary/aromatic N) is 1. The van der Waals surface area contributed by atoms with E-state index in [1.54, 1.807) is 6.20 Å². The van der Waals surface area contributed by atoms with Crippen molar-refractivity contribution in [3.63, 3.8) is 0 Å². The first-order chi connectivity index (χ1) is 9.25. The molecule has 1 aromatic heterocycles. The van der Waals surface area contributed by atoms with E-state index in [0.717, 1.165) is 16.8 Å². The topological polar surface area (TPSA) is 42.0 Å². The first-order valence-electron chi connectivity index (χ1n) is 6.18. The van der Waals surface area contributed by atoms with E-state index in [4.69, 9.17) is 0 Å². The minimum Gasteiger partial charge on any atom is -0.353 e. The van der Waals surface area contributed by atoms with Gasteiger partial charge in [0.1, 0.15) is 0 Å². The van der Waals surface area contributed by atoms with E-state index in [9.17, 15) is 4.79 Å². The van der Waals surface area contributed by atoms with E-state index in [1.807, 2.05) is 54.6 Å². The van der Waals surface area contributed by atoms with E-state index in [0.29, 0.717) is 6.54 Å². The summed E-state index contributed by atoms with van der Waals surface area (Å²) in [7, 11) is 0. The van der Waals surface area contributed by atoms with Crippen LogP contribution in [0.4, 0.5) is 0 Å². The molecular formula is C16H16N2O. The minimum absolute atomic E-state index is 0.0184. The van der Waals surface area contributed by atoms with Gasteiger partial charge in [-0.3, -0.25) is 9.78 Å². The number of pyridine rings is 1. The predicted octanol–water partition coefficient (Wildman–Crippen LogP) is 2.90. The highest BCUT2D eigenvalue weighted by Gasteiger charge is 1.96. The molecule has 0 atom stereocenters. The number of hydrogen-bond acceptors (Lipinski definition) is 2. The number of nitrogens with one attached hydrogen (secondary N) is 1. The smallest absolute Gasteiger partial charge is 0.217 e. The Balaban J connectivity index is 2.01. The van der Waals surface area contributed by atoms with Gasteiger partial charge in [0.05, 0.1) is 5.69 Å². The van der Waals surface area contributed by atoms with Crippen LogP contribution in [0.1, 0.15) is 12.5 Å². The molecule has 1 aromatic carbocycles. The van der Waals surface area contributed by atoms with Gasteiger partial charge in [-0.05, 0) is 17.7 Å². The number of amides is 1. The molecule has 0 aliphatic carbocycles. The second kappa shape index (κ2) is 6.50. The largest absolute Gasteiger partial charge is 0.353 e. The van der Waals surface area contributed by atoms with Crippen molar-refractivity contribution in [2.75, 3.05) is 6.54 Å². The van der Waals surface area contributed by atoms with Crippen LogP contribution in [0.2, 0.25) is 0 Å². The number of rotatable bonds is 4. The second-order valence-electron chi connectivity index (χ2n) is 4.18. The lowest BCUT2D eigenvalue weighted by atomic mass is 10.1. The molecule has 2 aromatic rings. The average Bonchev–Trinajstić information content (AvgIpc) is 2.45. The number of benzene rings is 1. The monoisotopic (exact) mass is 252 g/mol. The molecule has 3 heteroatoms. The van der Waals surface area contributed by atoms with Gasteiger partial charge in [-0.25, -0.2) is 0 Å². The maximum Gasteiger partial charge on any atom is 0.217 e. The van der Waals surface area contributed by atoms with Crippen molar-refractivity contribution < 1.29 is 4.79 Å². The summed E-state index contributed by atoms with van der Waals surface area (Å²) in [4.78, 5) is 15.0. The number of carbonyl (C=O) groups excluding carboxylic acids is 1. The summed E-state index contributed by atoms with van der Waals surface area (Å²) in [5, 5.41) is 2.72. The summed E-state index contributed by atoms with van der Waals surface area (Å²) in [6, 6.07) is 14.0. The van der Waals surface area contributed by atoms with Crippen LogP contribution in [0.25, 0.3) is 17.3 Å². The molecule has 0 aliphatic heterocycles. The van der Waals surface area contributed by atoms with Gasteiger partial charge >= 0.3 is 0 Å². The van der Waals surface area contributed by atoms with Crippen molar-refractivity contribution in [2.45, 2.75) is 6.92 Å². The Morgan fingerprint density at radius 3 is 2.63 bits per heavy atom. The summed E-state index contributed by atoms with van der Waals surface area (Å²) in [5.74, 6) is -0.0184. The number of aromatic nitrogens is 1. The summed E-state index contributed by atoms with van der Waals surface area (Å²) in [6.45, 7) is 2.06.